The van der Waals surface area contributed by atoms with Crippen molar-refractivity contribution in [2.45, 2.75) is 31.5 Å². The zero-order valence-electron chi connectivity index (χ0n) is 17.7. The van der Waals surface area contributed by atoms with E-state index in [2.05, 4.69) is 5.32 Å². The van der Waals surface area contributed by atoms with Crippen LogP contribution in [-0.4, -0.2) is 48.4 Å². The van der Waals surface area contributed by atoms with Crippen LogP contribution in [0.15, 0.2) is 48.5 Å². The SMILES string of the molecule is CC(CNC(=O)CC(NC(=O)OCC1c2ccccc2-c2ccccc21)C(F)(F)F)C(=O)O. The number of carboxylic acids is 1. The average molecular weight is 464 g/mol. The van der Waals surface area contributed by atoms with Crippen molar-refractivity contribution < 1.29 is 37.4 Å². The van der Waals surface area contributed by atoms with Crippen LogP contribution in [0.4, 0.5) is 18.0 Å². The van der Waals surface area contributed by atoms with E-state index in [1.54, 1.807) is 5.32 Å². The number of halogens is 3. The summed E-state index contributed by atoms with van der Waals surface area (Å²) in [5, 5.41) is 12.6. The number of carbonyl (C=O) groups is 3. The molecule has 176 valence electrons. The largest absolute Gasteiger partial charge is 0.481 e. The molecule has 3 N–H and O–H groups in total. The highest BCUT2D eigenvalue weighted by molar-refractivity contribution is 5.80. The number of benzene rings is 2. The second kappa shape index (κ2) is 9.93. The zero-order chi connectivity index (χ0) is 24.2. The second-order valence-corrected chi connectivity index (χ2v) is 7.81. The highest BCUT2D eigenvalue weighted by Crippen LogP contribution is 2.44. The number of fused-ring (bicyclic) bond motifs is 3. The number of ether oxygens (including phenoxy) is 1. The Bertz CT molecular complexity index is 995. The maximum atomic E-state index is 13.4. The van der Waals surface area contributed by atoms with Gasteiger partial charge in [-0.05, 0) is 22.3 Å². The lowest BCUT2D eigenvalue weighted by Gasteiger charge is -2.22. The number of amides is 2. The summed E-state index contributed by atoms with van der Waals surface area (Å²) in [4.78, 5) is 34.8. The molecule has 0 bridgehead atoms. The van der Waals surface area contributed by atoms with E-state index in [9.17, 15) is 27.6 Å². The van der Waals surface area contributed by atoms with E-state index in [1.165, 1.54) is 6.92 Å². The Hall–Kier alpha value is -3.56. The first-order valence-electron chi connectivity index (χ1n) is 10.3. The standard InChI is InChI=1S/C23H23F3N2O5/c1-13(21(30)31)11-27-20(29)10-19(23(24,25)26)28-22(32)33-12-18-16-8-4-2-6-14(16)15-7-3-5-9-17(15)18/h2-9,13,18-19H,10-12H2,1H3,(H,27,29)(H,28,32)(H,30,31). The van der Waals surface area contributed by atoms with Gasteiger partial charge in [-0.2, -0.15) is 13.2 Å². The Morgan fingerprint density at radius 2 is 1.58 bits per heavy atom. The Morgan fingerprint density at radius 1 is 1.03 bits per heavy atom. The van der Waals surface area contributed by atoms with Crippen LogP contribution in [0.2, 0.25) is 0 Å². The molecule has 0 fully saturated rings. The van der Waals surface area contributed by atoms with Gasteiger partial charge in [0, 0.05) is 12.5 Å². The van der Waals surface area contributed by atoms with Crippen LogP contribution in [0.3, 0.4) is 0 Å². The van der Waals surface area contributed by atoms with Gasteiger partial charge in [0.15, 0.2) is 0 Å². The molecular weight excluding hydrogens is 441 g/mol. The molecule has 0 heterocycles. The van der Waals surface area contributed by atoms with Crippen molar-refractivity contribution >= 4 is 18.0 Å². The molecule has 3 rings (SSSR count). The van der Waals surface area contributed by atoms with Crippen LogP contribution < -0.4 is 10.6 Å². The lowest BCUT2D eigenvalue weighted by atomic mass is 9.98. The van der Waals surface area contributed by atoms with Gasteiger partial charge in [0.1, 0.15) is 12.6 Å². The summed E-state index contributed by atoms with van der Waals surface area (Å²) in [6.45, 7) is 0.801. The van der Waals surface area contributed by atoms with Crippen LogP contribution in [0.25, 0.3) is 11.1 Å². The lowest BCUT2D eigenvalue weighted by Crippen LogP contribution is -2.48. The summed E-state index contributed by atoms with van der Waals surface area (Å²) in [6, 6.07) is 12.6. The minimum atomic E-state index is -4.90. The maximum Gasteiger partial charge on any atom is 0.409 e. The fourth-order valence-corrected chi connectivity index (χ4v) is 3.64. The number of rotatable bonds is 8. The molecule has 0 saturated carbocycles. The predicted octanol–water partition coefficient (Wildman–Crippen LogP) is 3.68. The van der Waals surface area contributed by atoms with Crippen LogP contribution in [-0.2, 0) is 14.3 Å². The smallest absolute Gasteiger partial charge is 0.409 e. The lowest BCUT2D eigenvalue weighted by molar-refractivity contribution is -0.160. The molecule has 2 aromatic rings. The number of carboxylic acid groups (broad SMARTS) is 1. The van der Waals surface area contributed by atoms with Gasteiger partial charge in [-0.1, -0.05) is 55.5 Å². The highest BCUT2D eigenvalue weighted by atomic mass is 19.4. The Morgan fingerprint density at radius 3 is 2.09 bits per heavy atom. The molecule has 2 unspecified atom stereocenters. The van der Waals surface area contributed by atoms with Crippen LogP contribution in [0.1, 0.15) is 30.4 Å². The topological polar surface area (TPSA) is 105 Å². The van der Waals surface area contributed by atoms with Gasteiger partial charge in [0.2, 0.25) is 5.91 Å². The molecule has 0 radical (unpaired) electrons. The van der Waals surface area contributed by atoms with E-state index >= 15 is 0 Å². The molecule has 10 heteroatoms. The van der Waals surface area contributed by atoms with Crippen molar-refractivity contribution in [3.63, 3.8) is 0 Å². The first-order valence-corrected chi connectivity index (χ1v) is 10.3. The van der Waals surface area contributed by atoms with E-state index in [1.807, 2.05) is 48.5 Å². The minimum Gasteiger partial charge on any atom is -0.481 e. The summed E-state index contributed by atoms with van der Waals surface area (Å²) in [5.41, 5.74) is 3.77. The van der Waals surface area contributed by atoms with Gasteiger partial charge in [-0.3, -0.25) is 9.59 Å². The number of alkyl halides is 3. The van der Waals surface area contributed by atoms with Crippen molar-refractivity contribution in [3.8, 4) is 11.1 Å². The van der Waals surface area contributed by atoms with E-state index in [4.69, 9.17) is 9.84 Å². The molecule has 1 aliphatic rings. The molecule has 1 aliphatic carbocycles. The van der Waals surface area contributed by atoms with Gasteiger partial charge in [-0.15, -0.1) is 0 Å². The minimum absolute atomic E-state index is 0.174. The van der Waals surface area contributed by atoms with Crippen LogP contribution >= 0.6 is 0 Å². The number of hydrogen-bond acceptors (Lipinski definition) is 4. The van der Waals surface area contributed by atoms with Crippen LogP contribution in [0.5, 0.6) is 0 Å². The van der Waals surface area contributed by atoms with Crippen molar-refractivity contribution in [2.24, 2.45) is 5.92 Å². The maximum absolute atomic E-state index is 13.4. The fraction of sp³-hybridized carbons (Fsp3) is 0.348. The first-order chi connectivity index (χ1) is 15.6. The summed E-state index contributed by atoms with van der Waals surface area (Å²) in [5.74, 6) is -3.52. The van der Waals surface area contributed by atoms with Gasteiger partial charge < -0.3 is 20.5 Å². The summed E-state index contributed by atoms with van der Waals surface area (Å²) < 4.78 is 45.2. The quantitative estimate of drug-likeness (QED) is 0.553. The number of nitrogens with one attached hydrogen (secondary N) is 2. The fourth-order valence-electron chi connectivity index (χ4n) is 3.64. The first kappa shape index (κ1) is 24.1. The predicted molar refractivity (Wildman–Crippen MR) is 112 cm³/mol. The monoisotopic (exact) mass is 464 g/mol. The van der Waals surface area contributed by atoms with Crippen LogP contribution in [0, 0.1) is 5.92 Å². The van der Waals surface area contributed by atoms with Gasteiger partial charge >= 0.3 is 18.2 Å². The molecule has 2 atom stereocenters. The van der Waals surface area contributed by atoms with E-state index in [-0.39, 0.29) is 19.1 Å². The third-order valence-corrected chi connectivity index (χ3v) is 5.45. The van der Waals surface area contributed by atoms with Gasteiger partial charge in [0.25, 0.3) is 0 Å². The molecule has 2 aromatic carbocycles. The summed E-state index contributed by atoms with van der Waals surface area (Å²) in [6.07, 6.45) is -7.30. The van der Waals surface area contributed by atoms with E-state index < -0.39 is 42.5 Å². The molecule has 0 aliphatic heterocycles. The molecule has 7 nitrogen and oxygen atoms in total. The van der Waals surface area contributed by atoms with Crippen molar-refractivity contribution in [1.29, 1.82) is 0 Å². The zero-order valence-corrected chi connectivity index (χ0v) is 17.7. The molecule has 0 aromatic heterocycles. The molecule has 0 spiro atoms. The van der Waals surface area contributed by atoms with Crippen molar-refractivity contribution in [2.75, 3.05) is 13.2 Å². The Balaban J connectivity index is 1.61. The third-order valence-electron chi connectivity index (χ3n) is 5.45. The normalized spacial score (nSPS) is 14.5. The Kier molecular flexibility index (Phi) is 7.25. The number of carbonyl (C=O) groups excluding carboxylic acids is 2. The molecule has 33 heavy (non-hydrogen) atoms. The van der Waals surface area contributed by atoms with E-state index in [0.29, 0.717) is 0 Å². The second-order valence-electron chi connectivity index (χ2n) is 7.81. The molecular formula is C23H23F3N2O5. The Labute approximate surface area is 187 Å². The van der Waals surface area contributed by atoms with Gasteiger partial charge in [0.05, 0.1) is 12.3 Å². The summed E-state index contributed by atoms with van der Waals surface area (Å²) in [7, 11) is 0. The highest BCUT2D eigenvalue weighted by Gasteiger charge is 2.42. The van der Waals surface area contributed by atoms with Crippen molar-refractivity contribution in [1.82, 2.24) is 10.6 Å². The van der Waals surface area contributed by atoms with Gasteiger partial charge in [-0.25, -0.2) is 4.79 Å². The van der Waals surface area contributed by atoms with E-state index in [0.717, 1.165) is 22.3 Å². The molecule has 0 saturated heterocycles. The number of hydrogen-bond donors (Lipinski definition) is 3. The molecule has 2 amide bonds. The average Bonchev–Trinajstić information content (AvgIpc) is 3.08. The number of alkyl carbamates (subject to hydrolysis) is 1. The third kappa shape index (κ3) is 5.82. The van der Waals surface area contributed by atoms with Crippen molar-refractivity contribution in [3.05, 3.63) is 59.7 Å². The number of aliphatic carboxylic acids is 1. The summed E-state index contributed by atoms with van der Waals surface area (Å²) >= 11 is 0.